The van der Waals surface area contributed by atoms with Crippen LogP contribution in [0.25, 0.3) is 10.9 Å². The van der Waals surface area contributed by atoms with E-state index in [1.165, 1.54) is 11.0 Å². The Morgan fingerprint density at radius 2 is 1.61 bits per heavy atom. The van der Waals surface area contributed by atoms with Gasteiger partial charge in [-0.1, -0.05) is 18.2 Å². The number of carbonyl (C=O) groups excluding carboxylic acids is 1. The second-order valence-corrected chi connectivity index (χ2v) is 12.0. The molecule has 0 saturated carbocycles. The van der Waals surface area contributed by atoms with Crippen molar-refractivity contribution >= 4 is 39.8 Å². The van der Waals surface area contributed by atoms with Gasteiger partial charge in [0, 0.05) is 55.8 Å². The summed E-state index contributed by atoms with van der Waals surface area (Å²) < 4.78 is 46.2. The number of aromatic nitrogens is 2. The minimum absolute atomic E-state index is 0.168. The molecule has 3 heterocycles. The molecule has 12 heteroatoms. The zero-order valence-electron chi connectivity index (χ0n) is 27.0. The first-order valence-electron chi connectivity index (χ1n) is 16.3. The first-order valence-corrected chi connectivity index (χ1v) is 16.3. The van der Waals surface area contributed by atoms with Crippen LogP contribution in [-0.2, 0) is 4.74 Å². The summed E-state index contributed by atoms with van der Waals surface area (Å²) in [4.78, 5) is 25.5. The summed E-state index contributed by atoms with van der Waals surface area (Å²) in [6.45, 7) is 5.84. The highest BCUT2D eigenvalue weighted by molar-refractivity contribution is 5.93. The fraction of sp³-hybridized carbons (Fsp3) is 0.270. The van der Waals surface area contributed by atoms with E-state index in [0.717, 1.165) is 58.9 Å². The Labute approximate surface area is 282 Å². The van der Waals surface area contributed by atoms with Gasteiger partial charge in [0.1, 0.15) is 41.3 Å². The lowest BCUT2D eigenvalue weighted by Gasteiger charge is -2.32. The number of likely N-dealkylation sites (tertiary alicyclic amines) is 1. The SMILES string of the molecule is Cc1cc(Nc2ncnc3ccc(N4CCOCC4)cc23)ccc1Oc1ccccc1OC1CCN(C(=O)Nc2c(F)cccc2F)CC1. The third kappa shape index (κ3) is 7.34. The van der Waals surface area contributed by atoms with Gasteiger partial charge in [0.25, 0.3) is 0 Å². The number of benzene rings is 4. The fourth-order valence-corrected chi connectivity index (χ4v) is 6.05. The van der Waals surface area contributed by atoms with Crippen molar-refractivity contribution in [1.29, 1.82) is 0 Å². The van der Waals surface area contributed by atoms with E-state index in [0.29, 0.717) is 56.4 Å². The van der Waals surface area contributed by atoms with Gasteiger partial charge in [0.15, 0.2) is 11.5 Å². The van der Waals surface area contributed by atoms with Crippen molar-refractivity contribution in [2.75, 3.05) is 54.9 Å². The van der Waals surface area contributed by atoms with Crippen molar-refractivity contribution < 1.29 is 27.8 Å². The van der Waals surface area contributed by atoms with Crippen LogP contribution in [0, 0.1) is 18.6 Å². The van der Waals surface area contributed by atoms with Crippen LogP contribution in [0.15, 0.2) is 85.2 Å². The first-order chi connectivity index (χ1) is 23.9. The monoisotopic (exact) mass is 666 g/mol. The number of morpholine rings is 1. The highest BCUT2D eigenvalue weighted by Gasteiger charge is 2.26. The molecule has 0 radical (unpaired) electrons. The predicted molar refractivity (Wildman–Crippen MR) is 184 cm³/mol. The molecule has 0 spiro atoms. The van der Waals surface area contributed by atoms with Gasteiger partial charge in [-0.25, -0.2) is 23.5 Å². The Morgan fingerprint density at radius 3 is 2.37 bits per heavy atom. The molecular weight excluding hydrogens is 630 g/mol. The molecule has 5 aromatic rings. The number of anilines is 4. The molecule has 0 aliphatic carbocycles. The van der Waals surface area contributed by atoms with Gasteiger partial charge in [-0.3, -0.25) is 0 Å². The van der Waals surface area contributed by atoms with Gasteiger partial charge in [0.05, 0.1) is 18.7 Å². The molecule has 2 fully saturated rings. The lowest BCUT2D eigenvalue weighted by Crippen LogP contribution is -2.44. The van der Waals surface area contributed by atoms with E-state index >= 15 is 0 Å². The number of para-hydroxylation sites is 3. The summed E-state index contributed by atoms with van der Waals surface area (Å²) in [5.74, 6) is 0.914. The van der Waals surface area contributed by atoms with E-state index < -0.39 is 23.4 Å². The molecule has 10 nitrogen and oxygen atoms in total. The van der Waals surface area contributed by atoms with Gasteiger partial charge < -0.3 is 34.6 Å². The maximum absolute atomic E-state index is 14.0. The number of fused-ring (bicyclic) bond motifs is 1. The van der Waals surface area contributed by atoms with Crippen LogP contribution in [-0.4, -0.2) is 66.4 Å². The number of urea groups is 1. The van der Waals surface area contributed by atoms with E-state index in [4.69, 9.17) is 14.2 Å². The van der Waals surface area contributed by atoms with Crippen LogP contribution in [0.5, 0.6) is 17.2 Å². The molecule has 2 aliphatic rings. The lowest BCUT2D eigenvalue weighted by atomic mass is 10.1. The number of hydrogen-bond acceptors (Lipinski definition) is 8. The summed E-state index contributed by atoms with van der Waals surface area (Å²) >= 11 is 0. The normalized spacial score (nSPS) is 15.2. The largest absolute Gasteiger partial charge is 0.486 e. The molecule has 4 aromatic carbocycles. The van der Waals surface area contributed by atoms with E-state index in [1.807, 2.05) is 55.5 Å². The molecule has 49 heavy (non-hydrogen) atoms. The molecule has 0 atom stereocenters. The van der Waals surface area contributed by atoms with Gasteiger partial charge >= 0.3 is 6.03 Å². The minimum Gasteiger partial charge on any atom is -0.486 e. The van der Waals surface area contributed by atoms with Crippen molar-refractivity contribution in [1.82, 2.24) is 14.9 Å². The zero-order valence-corrected chi connectivity index (χ0v) is 27.0. The standard InChI is InChI=1S/C37H36F2N6O4/c1-24-21-25(42-36-28-22-26(44-17-19-47-20-18-44)10-11-31(28)40-23-41-36)9-12-32(24)49-34-8-3-2-7-33(34)48-27-13-15-45(16-14-27)37(46)43-35-29(38)5-4-6-30(35)39/h2-12,21-23,27H,13-20H2,1H3,(H,43,46)(H,40,41,42). The number of rotatable bonds is 8. The Balaban J connectivity index is 0.989. The molecule has 2 aliphatic heterocycles. The number of piperidine rings is 1. The minimum atomic E-state index is -0.818. The predicted octanol–water partition coefficient (Wildman–Crippen LogP) is 7.66. The third-order valence-electron chi connectivity index (χ3n) is 8.72. The fourth-order valence-electron chi connectivity index (χ4n) is 6.05. The summed E-state index contributed by atoms with van der Waals surface area (Å²) in [6.07, 6.45) is 2.49. The number of amides is 2. The van der Waals surface area contributed by atoms with E-state index in [-0.39, 0.29) is 6.10 Å². The highest BCUT2D eigenvalue weighted by atomic mass is 19.1. The van der Waals surface area contributed by atoms with Gasteiger partial charge in [0.2, 0.25) is 0 Å². The molecule has 0 bridgehead atoms. The topological polar surface area (TPSA) is 101 Å². The number of carbonyl (C=O) groups is 1. The smallest absolute Gasteiger partial charge is 0.322 e. The molecule has 2 saturated heterocycles. The summed E-state index contributed by atoms with van der Waals surface area (Å²) in [5.41, 5.74) is 3.30. The van der Waals surface area contributed by atoms with Crippen LogP contribution in [0.4, 0.5) is 36.5 Å². The summed E-state index contributed by atoms with van der Waals surface area (Å²) in [7, 11) is 0. The van der Waals surface area contributed by atoms with Crippen molar-refractivity contribution in [2.24, 2.45) is 0 Å². The Bertz CT molecular complexity index is 1940. The summed E-state index contributed by atoms with van der Waals surface area (Å²) in [5, 5.41) is 6.75. The van der Waals surface area contributed by atoms with Crippen LogP contribution in [0.2, 0.25) is 0 Å². The number of ether oxygens (including phenoxy) is 3. The molecule has 252 valence electrons. The number of aryl methyl sites for hydroxylation is 1. The average Bonchev–Trinajstić information content (AvgIpc) is 3.12. The van der Waals surface area contributed by atoms with Crippen LogP contribution in [0.3, 0.4) is 0 Å². The highest BCUT2D eigenvalue weighted by Crippen LogP contribution is 2.36. The summed E-state index contributed by atoms with van der Waals surface area (Å²) in [6, 6.07) is 22.5. The maximum atomic E-state index is 14.0. The number of halogens is 2. The zero-order chi connectivity index (χ0) is 33.7. The van der Waals surface area contributed by atoms with Crippen LogP contribution in [0.1, 0.15) is 18.4 Å². The Morgan fingerprint density at radius 1 is 0.857 bits per heavy atom. The first kappa shape index (κ1) is 32.1. The molecule has 1 aromatic heterocycles. The van der Waals surface area contributed by atoms with Crippen molar-refractivity contribution in [3.8, 4) is 17.2 Å². The Kier molecular flexibility index (Phi) is 9.38. The second-order valence-electron chi connectivity index (χ2n) is 12.0. The average molecular weight is 667 g/mol. The van der Waals surface area contributed by atoms with Crippen LogP contribution >= 0.6 is 0 Å². The molecule has 2 amide bonds. The number of nitrogens with zero attached hydrogens (tertiary/aromatic N) is 4. The quantitative estimate of drug-likeness (QED) is 0.174. The third-order valence-corrected chi connectivity index (χ3v) is 8.72. The van der Waals surface area contributed by atoms with E-state index in [2.05, 4.69) is 37.6 Å². The molecule has 2 N–H and O–H groups in total. The van der Waals surface area contributed by atoms with E-state index in [9.17, 15) is 13.6 Å². The number of nitrogens with one attached hydrogen (secondary N) is 2. The molecule has 7 rings (SSSR count). The molecular formula is C37H36F2N6O4. The van der Waals surface area contributed by atoms with Crippen LogP contribution < -0.4 is 25.0 Å². The van der Waals surface area contributed by atoms with Crippen molar-refractivity contribution in [2.45, 2.75) is 25.9 Å². The lowest BCUT2D eigenvalue weighted by molar-refractivity contribution is 0.113. The van der Waals surface area contributed by atoms with Gasteiger partial charge in [-0.2, -0.15) is 0 Å². The van der Waals surface area contributed by atoms with E-state index in [1.54, 1.807) is 6.33 Å². The van der Waals surface area contributed by atoms with Gasteiger partial charge in [-0.05, 0) is 73.2 Å². The Hall–Kier alpha value is -5.49. The maximum Gasteiger partial charge on any atom is 0.322 e. The number of hydrogen-bond donors (Lipinski definition) is 2. The van der Waals surface area contributed by atoms with Crippen molar-refractivity contribution in [3.05, 3.63) is 102 Å². The second kappa shape index (κ2) is 14.3. The van der Waals surface area contributed by atoms with Gasteiger partial charge in [-0.15, -0.1) is 0 Å². The molecule has 0 unspecified atom stereocenters. The van der Waals surface area contributed by atoms with Crippen molar-refractivity contribution in [3.63, 3.8) is 0 Å².